The van der Waals surface area contributed by atoms with Crippen LogP contribution in [0.2, 0.25) is 0 Å². The van der Waals surface area contributed by atoms with Crippen molar-refractivity contribution in [1.29, 1.82) is 0 Å². The second-order valence-corrected chi connectivity index (χ2v) is 6.10. The van der Waals surface area contributed by atoms with Crippen LogP contribution in [0.5, 0.6) is 0 Å². The number of carbonyl (C=O) groups excluding carboxylic acids is 1. The molecule has 0 aliphatic carbocycles. The maximum absolute atomic E-state index is 12.2. The molecule has 3 rings (SSSR count). The summed E-state index contributed by atoms with van der Waals surface area (Å²) in [5.74, 6) is 0.0100. The zero-order valence-electron chi connectivity index (χ0n) is 14.6. The van der Waals surface area contributed by atoms with Crippen molar-refractivity contribution < 1.29 is 9.53 Å². The van der Waals surface area contributed by atoms with Crippen molar-refractivity contribution in [1.82, 2.24) is 25.1 Å². The minimum absolute atomic E-state index is 0.0100. The number of carbonyl (C=O) groups is 1. The molecule has 0 saturated carbocycles. The molecular formula is C18H23N5O2. The van der Waals surface area contributed by atoms with Crippen LogP contribution in [0.15, 0.2) is 30.7 Å². The normalized spacial score (nSPS) is 11.1. The van der Waals surface area contributed by atoms with E-state index in [0.717, 1.165) is 40.7 Å². The lowest BCUT2D eigenvalue weighted by Crippen LogP contribution is -2.28. The Morgan fingerprint density at radius 2 is 2.32 bits per heavy atom. The summed E-state index contributed by atoms with van der Waals surface area (Å²) in [6, 6.07) is 3.93. The SMILES string of the molecule is COCc1cc(CCCNC(=O)Cn2cc(C)c3cnccc32)n[nH]1. The number of amides is 1. The zero-order chi connectivity index (χ0) is 17.6. The molecule has 0 aromatic carbocycles. The van der Waals surface area contributed by atoms with Crippen LogP contribution in [0, 0.1) is 6.92 Å². The zero-order valence-corrected chi connectivity index (χ0v) is 14.6. The summed E-state index contributed by atoms with van der Waals surface area (Å²) in [7, 11) is 1.65. The first-order valence-electron chi connectivity index (χ1n) is 8.35. The Labute approximate surface area is 146 Å². The summed E-state index contributed by atoms with van der Waals surface area (Å²) in [6.45, 7) is 3.50. The van der Waals surface area contributed by atoms with E-state index in [0.29, 0.717) is 19.7 Å². The van der Waals surface area contributed by atoms with Gasteiger partial charge in [0.1, 0.15) is 6.54 Å². The number of aryl methyl sites for hydroxylation is 2. The highest BCUT2D eigenvalue weighted by Crippen LogP contribution is 2.18. The molecular weight excluding hydrogens is 318 g/mol. The van der Waals surface area contributed by atoms with E-state index in [1.54, 1.807) is 13.3 Å². The number of pyridine rings is 1. The molecule has 0 spiro atoms. The van der Waals surface area contributed by atoms with Gasteiger partial charge in [-0.25, -0.2) is 0 Å². The molecule has 3 aromatic heterocycles. The van der Waals surface area contributed by atoms with E-state index >= 15 is 0 Å². The van der Waals surface area contributed by atoms with Crippen molar-refractivity contribution in [3.63, 3.8) is 0 Å². The summed E-state index contributed by atoms with van der Waals surface area (Å²) in [4.78, 5) is 16.3. The minimum atomic E-state index is 0.0100. The summed E-state index contributed by atoms with van der Waals surface area (Å²) < 4.78 is 7.02. The highest BCUT2D eigenvalue weighted by molar-refractivity contribution is 5.85. The lowest BCUT2D eigenvalue weighted by atomic mass is 10.2. The van der Waals surface area contributed by atoms with E-state index < -0.39 is 0 Å². The predicted molar refractivity (Wildman–Crippen MR) is 95.1 cm³/mol. The first-order valence-corrected chi connectivity index (χ1v) is 8.35. The molecule has 132 valence electrons. The van der Waals surface area contributed by atoms with E-state index in [1.807, 2.05) is 36.0 Å². The van der Waals surface area contributed by atoms with Gasteiger partial charge in [0.05, 0.1) is 23.5 Å². The third-order valence-corrected chi connectivity index (χ3v) is 4.11. The van der Waals surface area contributed by atoms with E-state index in [4.69, 9.17) is 4.74 Å². The highest BCUT2D eigenvalue weighted by Gasteiger charge is 2.09. The molecule has 0 bridgehead atoms. The molecule has 3 aromatic rings. The molecule has 3 heterocycles. The van der Waals surface area contributed by atoms with E-state index in [9.17, 15) is 4.79 Å². The van der Waals surface area contributed by atoms with Gasteiger partial charge in [-0.05, 0) is 37.5 Å². The molecule has 2 N–H and O–H groups in total. The van der Waals surface area contributed by atoms with Gasteiger partial charge in [0, 0.05) is 37.6 Å². The molecule has 25 heavy (non-hydrogen) atoms. The van der Waals surface area contributed by atoms with Crippen molar-refractivity contribution in [3.8, 4) is 0 Å². The number of hydrogen-bond donors (Lipinski definition) is 2. The van der Waals surface area contributed by atoms with Gasteiger partial charge in [-0.2, -0.15) is 5.10 Å². The molecule has 0 atom stereocenters. The second-order valence-electron chi connectivity index (χ2n) is 6.10. The van der Waals surface area contributed by atoms with Crippen LogP contribution in [-0.4, -0.2) is 39.3 Å². The fourth-order valence-corrected chi connectivity index (χ4v) is 2.92. The number of nitrogens with zero attached hydrogens (tertiary/aromatic N) is 3. The number of hydrogen-bond acceptors (Lipinski definition) is 4. The Morgan fingerprint density at radius 3 is 3.16 bits per heavy atom. The fraction of sp³-hybridized carbons (Fsp3) is 0.389. The molecule has 7 heteroatoms. The highest BCUT2D eigenvalue weighted by atomic mass is 16.5. The van der Waals surface area contributed by atoms with Crippen molar-refractivity contribution in [2.24, 2.45) is 0 Å². The average Bonchev–Trinajstić information content (AvgIpc) is 3.18. The van der Waals surface area contributed by atoms with Crippen molar-refractivity contribution in [2.75, 3.05) is 13.7 Å². The summed E-state index contributed by atoms with van der Waals surface area (Å²) >= 11 is 0. The van der Waals surface area contributed by atoms with Crippen LogP contribution >= 0.6 is 0 Å². The number of nitrogens with one attached hydrogen (secondary N) is 2. The molecule has 0 radical (unpaired) electrons. The Hall–Kier alpha value is -2.67. The minimum Gasteiger partial charge on any atom is -0.378 e. The van der Waals surface area contributed by atoms with Gasteiger partial charge in [0.2, 0.25) is 5.91 Å². The number of aromatic nitrogens is 4. The first-order chi connectivity index (χ1) is 12.2. The third-order valence-electron chi connectivity index (χ3n) is 4.11. The fourth-order valence-electron chi connectivity index (χ4n) is 2.92. The molecule has 0 unspecified atom stereocenters. The largest absolute Gasteiger partial charge is 0.378 e. The van der Waals surface area contributed by atoms with Crippen molar-refractivity contribution in [3.05, 3.63) is 47.7 Å². The van der Waals surface area contributed by atoms with Gasteiger partial charge in [0.25, 0.3) is 0 Å². The average molecular weight is 341 g/mol. The van der Waals surface area contributed by atoms with Crippen LogP contribution in [-0.2, 0) is 29.1 Å². The Kier molecular flexibility index (Phi) is 5.45. The van der Waals surface area contributed by atoms with Crippen LogP contribution in [0.25, 0.3) is 10.9 Å². The van der Waals surface area contributed by atoms with E-state index in [-0.39, 0.29) is 5.91 Å². The van der Waals surface area contributed by atoms with Crippen molar-refractivity contribution in [2.45, 2.75) is 32.9 Å². The van der Waals surface area contributed by atoms with E-state index in [2.05, 4.69) is 20.5 Å². The number of ether oxygens (including phenoxy) is 1. The molecule has 0 aliphatic heterocycles. The van der Waals surface area contributed by atoms with Crippen LogP contribution < -0.4 is 5.32 Å². The third kappa shape index (κ3) is 4.24. The Bertz CT molecular complexity index is 852. The molecule has 7 nitrogen and oxygen atoms in total. The molecule has 0 fully saturated rings. The molecule has 0 saturated heterocycles. The number of fused-ring (bicyclic) bond motifs is 1. The van der Waals surface area contributed by atoms with Gasteiger partial charge >= 0.3 is 0 Å². The van der Waals surface area contributed by atoms with Crippen LogP contribution in [0.4, 0.5) is 0 Å². The second kappa shape index (κ2) is 7.94. The molecule has 1 amide bonds. The Morgan fingerprint density at radius 1 is 1.44 bits per heavy atom. The Balaban J connectivity index is 1.46. The number of methoxy groups -OCH3 is 1. The maximum Gasteiger partial charge on any atom is 0.239 e. The van der Waals surface area contributed by atoms with Gasteiger partial charge in [0.15, 0.2) is 0 Å². The summed E-state index contributed by atoms with van der Waals surface area (Å²) in [6.07, 6.45) is 7.24. The lowest BCUT2D eigenvalue weighted by Gasteiger charge is -2.07. The topological polar surface area (TPSA) is 84.8 Å². The first kappa shape index (κ1) is 17.2. The standard InChI is InChI=1S/C18H23N5O2/c1-13-10-23(17-5-7-19-9-16(13)17)11-18(24)20-6-3-4-14-8-15(12-25-2)22-21-14/h5,7-10H,3-4,6,11-12H2,1-2H3,(H,20,24)(H,21,22). The summed E-state index contributed by atoms with van der Waals surface area (Å²) in [5, 5.41) is 11.2. The van der Waals surface area contributed by atoms with E-state index in [1.165, 1.54) is 0 Å². The van der Waals surface area contributed by atoms with Gasteiger partial charge in [-0.3, -0.25) is 14.9 Å². The lowest BCUT2D eigenvalue weighted by molar-refractivity contribution is -0.121. The maximum atomic E-state index is 12.2. The quantitative estimate of drug-likeness (QED) is 0.614. The van der Waals surface area contributed by atoms with Crippen LogP contribution in [0.3, 0.4) is 0 Å². The monoisotopic (exact) mass is 341 g/mol. The van der Waals surface area contributed by atoms with Crippen molar-refractivity contribution >= 4 is 16.8 Å². The number of aromatic amines is 1. The summed E-state index contributed by atoms with van der Waals surface area (Å²) in [5.41, 5.74) is 4.11. The number of H-pyrrole nitrogens is 1. The molecule has 0 aliphatic rings. The number of rotatable bonds is 8. The smallest absolute Gasteiger partial charge is 0.239 e. The van der Waals surface area contributed by atoms with Gasteiger partial charge < -0.3 is 14.6 Å². The van der Waals surface area contributed by atoms with Crippen LogP contribution in [0.1, 0.15) is 23.4 Å². The van der Waals surface area contributed by atoms with Gasteiger partial charge in [-0.1, -0.05) is 0 Å². The van der Waals surface area contributed by atoms with Gasteiger partial charge in [-0.15, -0.1) is 0 Å². The predicted octanol–water partition coefficient (Wildman–Crippen LogP) is 1.96.